The van der Waals surface area contributed by atoms with Gasteiger partial charge in [0.1, 0.15) is 17.2 Å². The Labute approximate surface area is 107 Å². The van der Waals surface area contributed by atoms with Crippen LogP contribution in [0.15, 0.2) is 16.6 Å². The number of carbonyl (C=O) groups is 1. The average Bonchev–Trinajstić information content (AvgIpc) is 2.68. The molecule has 1 amide bonds. The minimum absolute atomic E-state index is 0.0462. The zero-order valence-corrected chi connectivity index (χ0v) is 10.7. The summed E-state index contributed by atoms with van der Waals surface area (Å²) < 4.78 is 27.3. The Hall–Kier alpha value is -0.970. The highest BCUT2D eigenvalue weighted by Gasteiger charge is 2.22. The van der Waals surface area contributed by atoms with Gasteiger partial charge in [0.15, 0.2) is 0 Å². The van der Waals surface area contributed by atoms with Gasteiger partial charge >= 0.3 is 0 Å². The van der Waals surface area contributed by atoms with Crippen LogP contribution in [0.3, 0.4) is 0 Å². The van der Waals surface area contributed by atoms with Crippen molar-refractivity contribution in [2.24, 2.45) is 0 Å². The molecule has 2 rings (SSSR count). The van der Waals surface area contributed by atoms with Crippen molar-refractivity contribution in [3.05, 3.63) is 33.8 Å². The van der Waals surface area contributed by atoms with E-state index < -0.39 is 23.1 Å². The predicted octanol–water partition coefficient (Wildman–Crippen LogP) is 3.40. The van der Waals surface area contributed by atoms with Crippen molar-refractivity contribution in [1.82, 2.24) is 5.32 Å². The summed E-state index contributed by atoms with van der Waals surface area (Å²) in [7, 11) is 0. The van der Waals surface area contributed by atoms with Crippen molar-refractivity contribution < 1.29 is 13.6 Å². The summed E-state index contributed by atoms with van der Waals surface area (Å²) in [5.74, 6) is -2.35. The van der Waals surface area contributed by atoms with Crippen LogP contribution in [0.1, 0.15) is 36.0 Å². The van der Waals surface area contributed by atoms with Crippen molar-refractivity contribution in [2.45, 2.75) is 31.7 Å². The topological polar surface area (TPSA) is 29.1 Å². The number of hydrogen-bond acceptors (Lipinski definition) is 1. The fourth-order valence-electron chi connectivity index (χ4n) is 2.09. The van der Waals surface area contributed by atoms with Crippen LogP contribution in [0.25, 0.3) is 0 Å². The van der Waals surface area contributed by atoms with Crippen molar-refractivity contribution in [1.29, 1.82) is 0 Å². The first kappa shape index (κ1) is 12.5. The Morgan fingerprint density at radius 3 is 2.29 bits per heavy atom. The molecular formula is C12H12BrF2NO. The van der Waals surface area contributed by atoms with Gasteiger partial charge in [-0.2, -0.15) is 0 Å². The van der Waals surface area contributed by atoms with Gasteiger partial charge in [-0.25, -0.2) is 8.78 Å². The van der Waals surface area contributed by atoms with Crippen LogP contribution >= 0.6 is 15.9 Å². The molecule has 1 saturated carbocycles. The molecule has 0 spiro atoms. The Morgan fingerprint density at radius 2 is 1.76 bits per heavy atom. The van der Waals surface area contributed by atoms with Gasteiger partial charge in [-0.05, 0) is 25.0 Å². The van der Waals surface area contributed by atoms with E-state index in [1.807, 2.05) is 0 Å². The van der Waals surface area contributed by atoms with Gasteiger partial charge in [-0.1, -0.05) is 28.8 Å². The summed E-state index contributed by atoms with van der Waals surface area (Å²) in [5, 5.41) is 2.66. The third-order valence-corrected chi connectivity index (χ3v) is 3.38. The Bertz CT molecular complexity index is 421. The lowest BCUT2D eigenvalue weighted by Gasteiger charge is -2.12. The fraction of sp³-hybridized carbons (Fsp3) is 0.417. The van der Waals surface area contributed by atoms with Gasteiger partial charge in [0.05, 0.1) is 0 Å². The average molecular weight is 304 g/mol. The van der Waals surface area contributed by atoms with Crippen LogP contribution in [0, 0.1) is 11.6 Å². The van der Waals surface area contributed by atoms with Crippen LogP contribution in [-0.4, -0.2) is 11.9 Å². The second kappa shape index (κ2) is 5.12. The zero-order chi connectivity index (χ0) is 12.4. The highest BCUT2D eigenvalue weighted by Crippen LogP contribution is 2.21. The molecule has 1 fully saturated rings. The molecule has 0 saturated heterocycles. The molecule has 1 aliphatic rings. The lowest BCUT2D eigenvalue weighted by atomic mass is 10.1. The monoisotopic (exact) mass is 303 g/mol. The van der Waals surface area contributed by atoms with E-state index in [1.165, 1.54) is 0 Å². The van der Waals surface area contributed by atoms with E-state index >= 15 is 0 Å². The maximum absolute atomic E-state index is 13.5. The van der Waals surface area contributed by atoms with Crippen molar-refractivity contribution in [3.63, 3.8) is 0 Å². The summed E-state index contributed by atoms with van der Waals surface area (Å²) in [6.07, 6.45) is 3.86. The lowest BCUT2D eigenvalue weighted by molar-refractivity contribution is 0.0929. The molecule has 0 heterocycles. The highest BCUT2D eigenvalue weighted by molar-refractivity contribution is 9.10. The Kier molecular flexibility index (Phi) is 3.76. The van der Waals surface area contributed by atoms with Crippen LogP contribution in [0.5, 0.6) is 0 Å². The predicted molar refractivity (Wildman–Crippen MR) is 63.8 cm³/mol. The summed E-state index contributed by atoms with van der Waals surface area (Å²) in [4.78, 5) is 11.7. The van der Waals surface area contributed by atoms with Gasteiger partial charge in [-0.3, -0.25) is 4.79 Å². The van der Waals surface area contributed by atoms with Gasteiger partial charge in [0.25, 0.3) is 5.91 Å². The molecule has 0 atom stereocenters. The smallest absolute Gasteiger partial charge is 0.257 e. The van der Waals surface area contributed by atoms with Gasteiger partial charge in [0, 0.05) is 10.5 Å². The highest BCUT2D eigenvalue weighted by atomic mass is 79.9. The number of amides is 1. The number of nitrogens with one attached hydrogen (secondary N) is 1. The molecule has 5 heteroatoms. The first-order valence-corrected chi connectivity index (χ1v) is 6.32. The third kappa shape index (κ3) is 2.83. The molecule has 0 unspecified atom stereocenters. The molecule has 0 bridgehead atoms. The molecule has 1 aromatic carbocycles. The van der Waals surface area contributed by atoms with Crippen molar-refractivity contribution in [3.8, 4) is 0 Å². The number of rotatable bonds is 2. The fourth-order valence-corrected chi connectivity index (χ4v) is 2.49. The van der Waals surface area contributed by atoms with Crippen molar-refractivity contribution >= 4 is 21.8 Å². The number of benzene rings is 1. The van der Waals surface area contributed by atoms with Crippen LogP contribution in [0.2, 0.25) is 0 Å². The Balaban J connectivity index is 2.18. The zero-order valence-electron chi connectivity index (χ0n) is 9.10. The molecular weight excluding hydrogens is 292 g/mol. The summed E-state index contributed by atoms with van der Waals surface area (Å²) >= 11 is 2.97. The molecule has 92 valence electrons. The van der Waals surface area contributed by atoms with Crippen LogP contribution < -0.4 is 5.32 Å². The van der Waals surface area contributed by atoms with Crippen LogP contribution in [-0.2, 0) is 0 Å². The van der Waals surface area contributed by atoms with Crippen molar-refractivity contribution in [2.75, 3.05) is 0 Å². The third-order valence-electron chi connectivity index (χ3n) is 2.92. The first-order valence-electron chi connectivity index (χ1n) is 5.53. The lowest BCUT2D eigenvalue weighted by Crippen LogP contribution is -2.33. The molecule has 0 aliphatic heterocycles. The molecule has 1 N–H and O–H groups in total. The van der Waals surface area contributed by atoms with E-state index in [4.69, 9.17) is 0 Å². The molecule has 0 aromatic heterocycles. The van der Waals surface area contributed by atoms with E-state index in [9.17, 15) is 13.6 Å². The number of hydrogen-bond donors (Lipinski definition) is 1. The van der Waals surface area contributed by atoms with E-state index in [-0.39, 0.29) is 10.5 Å². The summed E-state index contributed by atoms with van der Waals surface area (Å²) in [6, 6.07) is 2.23. The maximum atomic E-state index is 13.5. The molecule has 2 nitrogen and oxygen atoms in total. The second-order valence-corrected chi connectivity index (χ2v) is 5.11. The van der Waals surface area contributed by atoms with E-state index in [1.54, 1.807) is 0 Å². The number of halogens is 3. The standard InChI is InChI=1S/C12H12BrF2NO/c13-7-5-9(14)11(10(15)6-7)12(17)16-8-3-1-2-4-8/h5-6,8H,1-4H2,(H,16,17). The van der Waals surface area contributed by atoms with Gasteiger partial charge < -0.3 is 5.32 Å². The van der Waals surface area contributed by atoms with E-state index in [0.717, 1.165) is 37.8 Å². The number of carbonyl (C=O) groups excluding carboxylic acids is 1. The van der Waals surface area contributed by atoms with E-state index in [2.05, 4.69) is 21.2 Å². The van der Waals surface area contributed by atoms with Gasteiger partial charge in [0.2, 0.25) is 0 Å². The Morgan fingerprint density at radius 1 is 1.24 bits per heavy atom. The first-order chi connectivity index (χ1) is 8.08. The van der Waals surface area contributed by atoms with E-state index in [0.29, 0.717) is 0 Å². The molecule has 1 aliphatic carbocycles. The van der Waals surface area contributed by atoms with Crippen LogP contribution in [0.4, 0.5) is 8.78 Å². The minimum atomic E-state index is -0.840. The molecule has 17 heavy (non-hydrogen) atoms. The molecule has 0 radical (unpaired) electrons. The normalized spacial score (nSPS) is 16.2. The molecule has 1 aromatic rings. The maximum Gasteiger partial charge on any atom is 0.257 e. The minimum Gasteiger partial charge on any atom is -0.349 e. The SMILES string of the molecule is O=C(NC1CCCC1)c1c(F)cc(Br)cc1F. The largest absolute Gasteiger partial charge is 0.349 e. The van der Waals surface area contributed by atoms with Gasteiger partial charge in [-0.15, -0.1) is 0 Å². The summed E-state index contributed by atoms with van der Waals surface area (Å²) in [6.45, 7) is 0. The summed E-state index contributed by atoms with van der Waals surface area (Å²) in [5.41, 5.74) is -0.500. The quantitative estimate of drug-likeness (QED) is 0.891. The second-order valence-electron chi connectivity index (χ2n) is 4.20.